The molecule has 0 aliphatic rings. The van der Waals surface area contributed by atoms with E-state index in [1.54, 1.807) is 0 Å². The summed E-state index contributed by atoms with van der Waals surface area (Å²) in [5, 5.41) is 3.42. The Bertz CT molecular complexity index is 485. The van der Waals surface area contributed by atoms with Gasteiger partial charge in [-0.05, 0) is 30.7 Å². The molecule has 17 heavy (non-hydrogen) atoms. The maximum Gasteiger partial charge on any atom is 0.0955 e. The highest BCUT2D eigenvalue weighted by Gasteiger charge is 2.04. The van der Waals surface area contributed by atoms with Gasteiger partial charge in [0.1, 0.15) is 0 Å². The van der Waals surface area contributed by atoms with Crippen molar-refractivity contribution in [1.82, 2.24) is 9.55 Å². The molecule has 1 unspecified atom stereocenters. The predicted octanol–water partition coefficient (Wildman–Crippen LogP) is 1.97. The Morgan fingerprint density at radius 2 is 2.29 bits per heavy atom. The first kappa shape index (κ1) is 11.9. The Hall–Kier alpha value is -1.55. The third-order valence-electron chi connectivity index (χ3n) is 3.23. The second-order valence-electron chi connectivity index (χ2n) is 4.45. The van der Waals surface area contributed by atoms with Gasteiger partial charge in [-0.15, -0.1) is 0 Å². The SMILES string of the molecule is CCC(CN)CNc1ccc2c(c1)ncn2C. The zero-order chi connectivity index (χ0) is 12.3. The van der Waals surface area contributed by atoms with Crippen molar-refractivity contribution in [3.05, 3.63) is 24.5 Å². The van der Waals surface area contributed by atoms with Crippen LogP contribution in [-0.2, 0) is 7.05 Å². The van der Waals surface area contributed by atoms with Crippen LogP contribution in [0.4, 0.5) is 5.69 Å². The molecule has 1 atom stereocenters. The Morgan fingerprint density at radius 3 is 3.00 bits per heavy atom. The van der Waals surface area contributed by atoms with E-state index in [2.05, 4.69) is 35.4 Å². The Morgan fingerprint density at radius 1 is 1.47 bits per heavy atom. The largest absolute Gasteiger partial charge is 0.385 e. The van der Waals surface area contributed by atoms with Crippen molar-refractivity contribution in [3.63, 3.8) is 0 Å². The molecule has 0 bridgehead atoms. The smallest absolute Gasteiger partial charge is 0.0955 e. The van der Waals surface area contributed by atoms with Gasteiger partial charge in [0, 0.05) is 19.3 Å². The van der Waals surface area contributed by atoms with Gasteiger partial charge < -0.3 is 15.6 Å². The molecule has 2 rings (SSSR count). The van der Waals surface area contributed by atoms with Crippen molar-refractivity contribution in [2.45, 2.75) is 13.3 Å². The van der Waals surface area contributed by atoms with E-state index in [0.29, 0.717) is 5.92 Å². The second kappa shape index (κ2) is 5.19. The van der Waals surface area contributed by atoms with E-state index in [0.717, 1.165) is 36.2 Å². The minimum absolute atomic E-state index is 0.537. The Labute approximate surface area is 102 Å². The summed E-state index contributed by atoms with van der Waals surface area (Å²) in [5.74, 6) is 0.537. The lowest BCUT2D eigenvalue weighted by Gasteiger charge is -2.14. The molecule has 0 radical (unpaired) electrons. The average Bonchev–Trinajstić information content (AvgIpc) is 2.72. The van der Waals surface area contributed by atoms with Gasteiger partial charge in [-0.25, -0.2) is 4.98 Å². The topological polar surface area (TPSA) is 55.9 Å². The predicted molar refractivity (Wildman–Crippen MR) is 72.0 cm³/mol. The number of aromatic nitrogens is 2. The number of nitrogens with zero attached hydrogens (tertiary/aromatic N) is 2. The van der Waals surface area contributed by atoms with Crippen molar-refractivity contribution in [2.75, 3.05) is 18.4 Å². The summed E-state index contributed by atoms with van der Waals surface area (Å²) in [4.78, 5) is 4.34. The summed E-state index contributed by atoms with van der Waals surface area (Å²) in [5.41, 5.74) is 8.98. The van der Waals surface area contributed by atoms with Crippen LogP contribution in [0.25, 0.3) is 11.0 Å². The molecule has 3 N–H and O–H groups in total. The van der Waals surface area contributed by atoms with Crippen molar-refractivity contribution in [3.8, 4) is 0 Å². The maximum atomic E-state index is 5.69. The molecule has 0 fully saturated rings. The third kappa shape index (κ3) is 2.58. The highest BCUT2D eigenvalue weighted by Crippen LogP contribution is 2.17. The van der Waals surface area contributed by atoms with E-state index in [4.69, 9.17) is 5.73 Å². The molecule has 0 aliphatic carbocycles. The van der Waals surface area contributed by atoms with Crippen LogP contribution in [0.5, 0.6) is 0 Å². The molecule has 1 aromatic heterocycles. The number of imidazole rings is 1. The molecule has 0 aliphatic heterocycles. The van der Waals surface area contributed by atoms with Crippen LogP contribution in [0.15, 0.2) is 24.5 Å². The van der Waals surface area contributed by atoms with Crippen LogP contribution in [0, 0.1) is 5.92 Å². The monoisotopic (exact) mass is 232 g/mol. The molecule has 2 aromatic rings. The second-order valence-corrected chi connectivity index (χ2v) is 4.45. The van der Waals surface area contributed by atoms with Gasteiger partial charge in [0.15, 0.2) is 0 Å². The fraction of sp³-hybridized carbons (Fsp3) is 0.462. The first-order valence-corrected chi connectivity index (χ1v) is 6.09. The standard InChI is InChI=1S/C13H20N4/c1-3-10(7-14)8-15-11-4-5-13-12(6-11)16-9-17(13)2/h4-6,9-10,15H,3,7-8,14H2,1-2H3. The highest BCUT2D eigenvalue weighted by molar-refractivity contribution is 5.79. The molecule has 0 saturated carbocycles. The van der Waals surface area contributed by atoms with Crippen LogP contribution in [0.2, 0.25) is 0 Å². The quantitative estimate of drug-likeness (QED) is 0.828. The number of aryl methyl sites for hydroxylation is 1. The molecular weight excluding hydrogens is 212 g/mol. The van der Waals surface area contributed by atoms with Gasteiger partial charge in [-0.3, -0.25) is 0 Å². The summed E-state index contributed by atoms with van der Waals surface area (Å²) in [6, 6.07) is 6.26. The van der Waals surface area contributed by atoms with Gasteiger partial charge in [-0.1, -0.05) is 13.3 Å². The van der Waals surface area contributed by atoms with Crippen LogP contribution in [0.3, 0.4) is 0 Å². The number of nitrogens with one attached hydrogen (secondary N) is 1. The lowest BCUT2D eigenvalue weighted by molar-refractivity contribution is 0.548. The van der Waals surface area contributed by atoms with Crippen molar-refractivity contribution < 1.29 is 0 Å². The minimum Gasteiger partial charge on any atom is -0.385 e. The van der Waals surface area contributed by atoms with E-state index >= 15 is 0 Å². The summed E-state index contributed by atoms with van der Waals surface area (Å²) in [6.07, 6.45) is 2.94. The number of anilines is 1. The van der Waals surface area contributed by atoms with Crippen molar-refractivity contribution in [2.24, 2.45) is 18.7 Å². The molecule has 4 heteroatoms. The van der Waals surface area contributed by atoms with Crippen molar-refractivity contribution in [1.29, 1.82) is 0 Å². The molecule has 0 saturated heterocycles. The number of rotatable bonds is 5. The lowest BCUT2D eigenvalue weighted by Crippen LogP contribution is -2.21. The summed E-state index contributed by atoms with van der Waals surface area (Å²) < 4.78 is 2.02. The van der Waals surface area contributed by atoms with Crippen LogP contribution < -0.4 is 11.1 Å². The van der Waals surface area contributed by atoms with E-state index in [9.17, 15) is 0 Å². The summed E-state index contributed by atoms with van der Waals surface area (Å²) in [6.45, 7) is 3.82. The van der Waals surface area contributed by atoms with Gasteiger partial charge in [0.05, 0.1) is 17.4 Å². The molecule has 4 nitrogen and oxygen atoms in total. The van der Waals surface area contributed by atoms with E-state index in [-0.39, 0.29) is 0 Å². The van der Waals surface area contributed by atoms with Crippen LogP contribution >= 0.6 is 0 Å². The summed E-state index contributed by atoms with van der Waals surface area (Å²) in [7, 11) is 2.00. The van der Waals surface area contributed by atoms with E-state index in [1.807, 2.05) is 17.9 Å². The normalized spacial score (nSPS) is 12.9. The molecule has 0 spiro atoms. The van der Waals surface area contributed by atoms with E-state index < -0.39 is 0 Å². The molecular formula is C13H20N4. The van der Waals surface area contributed by atoms with Gasteiger partial charge in [0.25, 0.3) is 0 Å². The van der Waals surface area contributed by atoms with Gasteiger partial charge >= 0.3 is 0 Å². The zero-order valence-electron chi connectivity index (χ0n) is 10.5. The van der Waals surface area contributed by atoms with Crippen LogP contribution in [0.1, 0.15) is 13.3 Å². The number of nitrogens with two attached hydrogens (primary N) is 1. The lowest BCUT2D eigenvalue weighted by atomic mass is 10.1. The third-order valence-corrected chi connectivity index (χ3v) is 3.23. The minimum atomic E-state index is 0.537. The number of fused-ring (bicyclic) bond motifs is 1. The fourth-order valence-electron chi connectivity index (χ4n) is 1.90. The highest BCUT2D eigenvalue weighted by atomic mass is 15.0. The molecule has 0 amide bonds. The molecule has 1 heterocycles. The van der Waals surface area contributed by atoms with Crippen LogP contribution in [-0.4, -0.2) is 22.6 Å². The fourth-order valence-corrected chi connectivity index (χ4v) is 1.90. The first-order chi connectivity index (χ1) is 8.24. The van der Waals surface area contributed by atoms with E-state index in [1.165, 1.54) is 0 Å². The molecule has 1 aromatic carbocycles. The Balaban J connectivity index is 2.09. The first-order valence-electron chi connectivity index (χ1n) is 6.09. The summed E-state index contributed by atoms with van der Waals surface area (Å²) >= 11 is 0. The number of benzene rings is 1. The number of hydrogen-bond acceptors (Lipinski definition) is 3. The van der Waals surface area contributed by atoms with Gasteiger partial charge in [-0.2, -0.15) is 0 Å². The molecule has 92 valence electrons. The van der Waals surface area contributed by atoms with Crippen molar-refractivity contribution >= 4 is 16.7 Å². The number of hydrogen-bond donors (Lipinski definition) is 2. The Kier molecular flexibility index (Phi) is 3.64. The maximum absolute atomic E-state index is 5.69. The van der Waals surface area contributed by atoms with Gasteiger partial charge in [0.2, 0.25) is 0 Å². The average molecular weight is 232 g/mol. The zero-order valence-corrected chi connectivity index (χ0v) is 10.5.